The average Bonchev–Trinajstić information content (AvgIpc) is 3.25. The average molecular weight is 591 g/mol. The Balaban J connectivity index is 0.00000431. The molecule has 2 amide bonds. The number of anilines is 1. The van der Waals surface area contributed by atoms with Gasteiger partial charge in [0.15, 0.2) is 0 Å². The van der Waals surface area contributed by atoms with Gasteiger partial charge in [-0.05, 0) is 53.9 Å². The van der Waals surface area contributed by atoms with Crippen molar-refractivity contribution in [2.24, 2.45) is 7.05 Å². The summed E-state index contributed by atoms with van der Waals surface area (Å²) in [4.78, 5) is 30.6. The van der Waals surface area contributed by atoms with Crippen LogP contribution in [0, 0.1) is 0 Å². The van der Waals surface area contributed by atoms with Crippen LogP contribution in [0.1, 0.15) is 82.8 Å². The van der Waals surface area contributed by atoms with E-state index in [9.17, 15) is 9.59 Å². The first-order valence-electron chi connectivity index (χ1n) is 14.5. The van der Waals surface area contributed by atoms with E-state index in [1.165, 1.54) is 5.56 Å². The topological polar surface area (TPSA) is 76.0 Å². The van der Waals surface area contributed by atoms with Crippen molar-refractivity contribution in [2.75, 3.05) is 23.9 Å². The molecule has 1 aromatic carbocycles. The summed E-state index contributed by atoms with van der Waals surface area (Å²) in [6.07, 6.45) is 15.6. The largest absolute Gasteiger partial charge is 0.355 e. The van der Waals surface area contributed by atoms with Crippen molar-refractivity contribution in [3.8, 4) is 0 Å². The van der Waals surface area contributed by atoms with Crippen LogP contribution < -0.4 is 10.6 Å². The van der Waals surface area contributed by atoms with Crippen LogP contribution in [0.4, 0.5) is 5.95 Å². The Hall–Kier alpha value is -3.58. The third kappa shape index (κ3) is 11.4. The van der Waals surface area contributed by atoms with Gasteiger partial charge < -0.3 is 9.88 Å². The van der Waals surface area contributed by atoms with Crippen molar-refractivity contribution in [2.45, 2.75) is 65.7 Å². The van der Waals surface area contributed by atoms with Gasteiger partial charge in [-0.1, -0.05) is 102 Å². The smallest absolute Gasteiger partial charge is 0.234 e. The Bertz CT molecular complexity index is 1260. The lowest BCUT2D eigenvalue weighted by atomic mass is 9.84. The van der Waals surface area contributed by atoms with Crippen molar-refractivity contribution in [3.63, 3.8) is 0 Å². The third-order valence-corrected chi connectivity index (χ3v) is 7.06. The maximum atomic E-state index is 13.8. The van der Waals surface area contributed by atoms with Gasteiger partial charge in [-0.25, -0.2) is 4.98 Å². The van der Waals surface area contributed by atoms with Crippen LogP contribution in [-0.2, 0) is 22.1 Å². The number of carbonyl (C=O) groups excluding carboxylic acids is 2. The maximum absolute atomic E-state index is 13.8. The molecule has 2 rings (SSSR count). The van der Waals surface area contributed by atoms with Crippen molar-refractivity contribution in [1.82, 2.24) is 14.9 Å². The molecule has 1 unspecified atom stereocenters. The van der Waals surface area contributed by atoms with E-state index in [0.717, 1.165) is 28.3 Å². The second-order valence-corrected chi connectivity index (χ2v) is 11.5. The number of allylic oxidation sites excluding steroid dienone is 5. The third-order valence-electron chi connectivity index (χ3n) is 6.45. The molecule has 6 nitrogen and oxygen atoms in total. The van der Waals surface area contributed by atoms with E-state index < -0.39 is 5.92 Å². The highest BCUT2D eigenvalue weighted by molar-refractivity contribution is 7.98. The molecule has 0 radical (unpaired) electrons. The minimum atomic E-state index is -0.491. The van der Waals surface area contributed by atoms with Gasteiger partial charge in [-0.3, -0.25) is 14.9 Å². The number of benzene rings is 1. The van der Waals surface area contributed by atoms with E-state index >= 15 is 0 Å². The molecule has 1 heterocycles. The number of imidazole rings is 1. The molecule has 2 aromatic rings. The first-order valence-corrected chi connectivity index (χ1v) is 15.9. The Kier molecular flexibility index (Phi) is 16.3. The standard InChI is InChI=1S/C33H44N4O2S.C2H6/c1-9-13-24(15-12-16-30(38)34-21-22-40-8)23-27(25-17-19-26(20-18-25)33(4,5)6)31(39)36-32-35-28(14-10-2)29(11-3)37(32)7;1-2/h9-15,17-20,27H,1,3,16,21-23H2,2,4-8H3,(H,34,38)(H,35,36,39);1-2H3/b14-10-,15-12-,24-13+;. The van der Waals surface area contributed by atoms with Crippen LogP contribution >= 0.6 is 11.8 Å². The Morgan fingerprint density at radius 1 is 1.14 bits per heavy atom. The molecular weight excluding hydrogens is 540 g/mol. The highest BCUT2D eigenvalue weighted by atomic mass is 32.2. The molecule has 228 valence electrons. The summed E-state index contributed by atoms with van der Waals surface area (Å²) in [5, 5.41) is 5.95. The van der Waals surface area contributed by atoms with Crippen LogP contribution in [0.25, 0.3) is 12.2 Å². The second kappa shape index (κ2) is 18.8. The fourth-order valence-corrected chi connectivity index (χ4v) is 4.51. The van der Waals surface area contributed by atoms with Crippen molar-refractivity contribution < 1.29 is 9.59 Å². The van der Waals surface area contributed by atoms with Crippen LogP contribution in [0.3, 0.4) is 0 Å². The van der Waals surface area contributed by atoms with Crippen LogP contribution in [-0.4, -0.2) is 39.9 Å². The number of thioether (sulfide) groups is 1. The molecule has 0 saturated heterocycles. The molecule has 42 heavy (non-hydrogen) atoms. The number of rotatable bonds is 14. The molecule has 1 aromatic heterocycles. The minimum absolute atomic E-state index is 0.000557. The first kappa shape index (κ1) is 36.4. The van der Waals surface area contributed by atoms with E-state index in [-0.39, 0.29) is 23.7 Å². The second-order valence-electron chi connectivity index (χ2n) is 10.5. The monoisotopic (exact) mass is 590 g/mol. The number of nitrogens with one attached hydrogen (secondary N) is 2. The highest BCUT2D eigenvalue weighted by Crippen LogP contribution is 2.30. The SMILES string of the molecule is C=C/C=C(\C=C/CC(=O)NCCSC)CC(C(=O)Nc1nc(/C=C\C)c(C=C)n1C)c1ccc(C(C)(C)C)cc1.CC. The summed E-state index contributed by atoms with van der Waals surface area (Å²) in [5.74, 6) is 0.644. The van der Waals surface area contributed by atoms with Crippen LogP contribution in [0.15, 0.2) is 73.4 Å². The molecule has 0 saturated carbocycles. The summed E-state index contributed by atoms with van der Waals surface area (Å²) in [6, 6.07) is 8.22. The quantitative estimate of drug-likeness (QED) is 0.172. The molecule has 0 spiro atoms. The molecular formula is C35H50N4O2S. The lowest BCUT2D eigenvalue weighted by Gasteiger charge is -2.22. The molecule has 0 bridgehead atoms. The summed E-state index contributed by atoms with van der Waals surface area (Å²) in [5.41, 5.74) is 4.56. The van der Waals surface area contributed by atoms with E-state index in [2.05, 4.69) is 61.7 Å². The lowest BCUT2D eigenvalue weighted by molar-refractivity contribution is -0.120. The predicted octanol–water partition coefficient (Wildman–Crippen LogP) is 8.07. The van der Waals surface area contributed by atoms with Gasteiger partial charge >= 0.3 is 0 Å². The highest BCUT2D eigenvalue weighted by Gasteiger charge is 2.25. The zero-order chi connectivity index (χ0) is 31.7. The first-order chi connectivity index (χ1) is 20.0. The van der Waals surface area contributed by atoms with E-state index in [1.807, 2.05) is 81.2 Å². The molecule has 2 N–H and O–H groups in total. The summed E-state index contributed by atoms with van der Waals surface area (Å²) < 4.78 is 1.83. The van der Waals surface area contributed by atoms with Gasteiger partial charge in [-0.2, -0.15) is 11.8 Å². The van der Waals surface area contributed by atoms with Crippen molar-refractivity contribution in [1.29, 1.82) is 0 Å². The number of nitrogens with zero attached hydrogens (tertiary/aromatic N) is 2. The lowest BCUT2D eigenvalue weighted by Crippen LogP contribution is -2.24. The minimum Gasteiger partial charge on any atom is -0.355 e. The molecule has 0 aliphatic rings. The fourth-order valence-electron chi connectivity index (χ4n) is 4.20. The van der Waals surface area contributed by atoms with E-state index in [1.54, 1.807) is 23.9 Å². The Morgan fingerprint density at radius 3 is 2.36 bits per heavy atom. The zero-order valence-electron chi connectivity index (χ0n) is 26.8. The molecule has 1 atom stereocenters. The van der Waals surface area contributed by atoms with Gasteiger partial charge in [-0.15, -0.1) is 0 Å². The molecule has 7 heteroatoms. The Labute approximate surface area is 258 Å². The molecule has 0 aliphatic heterocycles. The number of carbonyl (C=O) groups is 2. The summed E-state index contributed by atoms with van der Waals surface area (Å²) in [6.45, 7) is 20.8. The van der Waals surface area contributed by atoms with Gasteiger partial charge in [0.1, 0.15) is 0 Å². The van der Waals surface area contributed by atoms with Crippen molar-refractivity contribution >= 4 is 41.7 Å². The van der Waals surface area contributed by atoms with Crippen LogP contribution in [0.2, 0.25) is 0 Å². The molecule has 0 aliphatic carbocycles. The normalized spacial score (nSPS) is 12.5. The Morgan fingerprint density at radius 2 is 1.81 bits per heavy atom. The number of hydrogen-bond acceptors (Lipinski definition) is 4. The van der Waals surface area contributed by atoms with Gasteiger partial charge in [0.25, 0.3) is 0 Å². The zero-order valence-corrected chi connectivity index (χ0v) is 27.6. The number of amides is 2. The van der Waals surface area contributed by atoms with Crippen molar-refractivity contribution in [3.05, 3.63) is 95.9 Å². The van der Waals surface area contributed by atoms with E-state index in [4.69, 9.17) is 0 Å². The number of hydrogen-bond donors (Lipinski definition) is 2. The van der Waals surface area contributed by atoms with Gasteiger partial charge in [0, 0.05) is 25.8 Å². The van der Waals surface area contributed by atoms with E-state index in [0.29, 0.717) is 18.9 Å². The van der Waals surface area contributed by atoms with Gasteiger partial charge in [0.05, 0.1) is 17.3 Å². The van der Waals surface area contributed by atoms with Gasteiger partial charge in [0.2, 0.25) is 17.8 Å². The predicted molar refractivity (Wildman–Crippen MR) is 184 cm³/mol. The summed E-state index contributed by atoms with van der Waals surface area (Å²) in [7, 11) is 1.86. The van der Waals surface area contributed by atoms with Crippen LogP contribution in [0.5, 0.6) is 0 Å². The number of aromatic nitrogens is 2. The maximum Gasteiger partial charge on any atom is 0.234 e. The fraction of sp³-hybridized carbons (Fsp3) is 0.400. The summed E-state index contributed by atoms with van der Waals surface area (Å²) >= 11 is 1.69. The molecule has 0 fully saturated rings.